The summed E-state index contributed by atoms with van der Waals surface area (Å²) >= 11 is 0. The van der Waals surface area contributed by atoms with Crippen molar-refractivity contribution in [3.63, 3.8) is 0 Å². The van der Waals surface area contributed by atoms with Gasteiger partial charge in [-0.2, -0.15) is 0 Å². The molecule has 33 heavy (non-hydrogen) atoms. The first-order valence-electron chi connectivity index (χ1n) is 10.9. The number of rotatable bonds is 11. The molecule has 2 amide bonds. The maximum Gasteiger partial charge on any atom is 0.242 e. The molecule has 0 radical (unpaired) electrons. The Labute approximate surface area is 195 Å². The molecule has 1 N–H and O–H groups in total. The first-order chi connectivity index (χ1) is 15.6. The highest BCUT2D eigenvalue weighted by atomic mass is 32.2. The molecule has 2 rings (SSSR count). The predicted octanol–water partition coefficient (Wildman–Crippen LogP) is 3.23. The number of carbonyl (C=O) groups is 2. The SMILES string of the molecule is CC[C@@H](C(=O)NC)N(Cc1ccc(C)cc1)C(=O)CCCN(c1ccccc1F)S(C)(=O)=O. The molecular weight excluding hydrogens is 445 g/mol. The molecule has 0 saturated heterocycles. The van der Waals surface area contributed by atoms with Gasteiger partial charge in [0.2, 0.25) is 21.8 Å². The van der Waals surface area contributed by atoms with Crippen molar-refractivity contribution in [3.05, 3.63) is 65.5 Å². The lowest BCUT2D eigenvalue weighted by atomic mass is 10.1. The van der Waals surface area contributed by atoms with E-state index in [0.717, 1.165) is 21.7 Å². The molecule has 9 heteroatoms. The van der Waals surface area contributed by atoms with Crippen molar-refractivity contribution in [2.75, 3.05) is 24.2 Å². The summed E-state index contributed by atoms with van der Waals surface area (Å²) in [7, 11) is -2.22. The Balaban J connectivity index is 2.19. The summed E-state index contributed by atoms with van der Waals surface area (Å²) in [5.41, 5.74) is 1.92. The van der Waals surface area contributed by atoms with Crippen LogP contribution in [0.15, 0.2) is 48.5 Å². The van der Waals surface area contributed by atoms with Crippen molar-refractivity contribution in [3.8, 4) is 0 Å². The Bertz CT molecular complexity index is 1060. The van der Waals surface area contributed by atoms with E-state index in [2.05, 4.69) is 5.32 Å². The number of sulfonamides is 1. The molecule has 0 aliphatic carbocycles. The van der Waals surface area contributed by atoms with Crippen LogP contribution in [-0.4, -0.2) is 51.0 Å². The molecule has 0 fully saturated rings. The number of hydrogen-bond acceptors (Lipinski definition) is 4. The van der Waals surface area contributed by atoms with Crippen molar-refractivity contribution in [1.29, 1.82) is 0 Å². The van der Waals surface area contributed by atoms with Crippen LogP contribution in [0.2, 0.25) is 0 Å². The molecule has 0 aliphatic heterocycles. The number of carbonyl (C=O) groups excluding carboxylic acids is 2. The number of amides is 2. The number of benzene rings is 2. The van der Waals surface area contributed by atoms with Gasteiger partial charge in [0.25, 0.3) is 0 Å². The van der Waals surface area contributed by atoms with Gasteiger partial charge in [-0.05, 0) is 37.5 Å². The highest BCUT2D eigenvalue weighted by molar-refractivity contribution is 7.92. The standard InChI is InChI=1S/C24H32FN3O4S/c1-5-21(24(30)26-3)27(17-19-14-12-18(2)13-15-19)23(29)11-8-16-28(33(4,31)32)22-10-7-6-9-20(22)25/h6-7,9-10,12-15,21H,5,8,11,16-17H2,1-4H3,(H,26,30)/t21-/m0/s1. The fourth-order valence-corrected chi connectivity index (χ4v) is 4.58. The van der Waals surface area contributed by atoms with Crippen molar-refractivity contribution in [2.45, 2.75) is 45.7 Å². The van der Waals surface area contributed by atoms with E-state index in [4.69, 9.17) is 0 Å². The van der Waals surface area contributed by atoms with Crippen LogP contribution in [0.25, 0.3) is 0 Å². The van der Waals surface area contributed by atoms with Gasteiger partial charge >= 0.3 is 0 Å². The summed E-state index contributed by atoms with van der Waals surface area (Å²) in [4.78, 5) is 27.1. The molecule has 0 saturated carbocycles. The summed E-state index contributed by atoms with van der Waals surface area (Å²) in [6, 6.07) is 12.7. The first-order valence-corrected chi connectivity index (χ1v) is 12.7. The molecule has 0 bridgehead atoms. The number of hydrogen-bond donors (Lipinski definition) is 1. The molecule has 1 atom stereocenters. The maximum absolute atomic E-state index is 14.2. The molecule has 0 spiro atoms. The average molecular weight is 478 g/mol. The van der Waals surface area contributed by atoms with E-state index < -0.39 is 21.9 Å². The lowest BCUT2D eigenvalue weighted by Gasteiger charge is -2.31. The molecule has 2 aromatic carbocycles. The quantitative estimate of drug-likeness (QED) is 0.538. The molecule has 180 valence electrons. The minimum atomic E-state index is -3.75. The number of nitrogens with zero attached hydrogens (tertiary/aromatic N) is 2. The number of aryl methyl sites for hydroxylation is 1. The largest absolute Gasteiger partial charge is 0.357 e. The van der Waals surface area contributed by atoms with Crippen molar-refractivity contribution < 1.29 is 22.4 Å². The van der Waals surface area contributed by atoms with Crippen LogP contribution < -0.4 is 9.62 Å². The smallest absolute Gasteiger partial charge is 0.242 e. The number of likely N-dealkylation sites (N-methyl/N-ethyl adjacent to an activating group) is 1. The third-order valence-electron chi connectivity index (χ3n) is 5.38. The second-order valence-electron chi connectivity index (χ2n) is 7.94. The summed E-state index contributed by atoms with van der Waals surface area (Å²) in [6.45, 7) is 4.00. The fourth-order valence-electron chi connectivity index (χ4n) is 3.61. The lowest BCUT2D eigenvalue weighted by Crippen LogP contribution is -2.48. The van der Waals surface area contributed by atoms with Gasteiger partial charge < -0.3 is 10.2 Å². The van der Waals surface area contributed by atoms with E-state index >= 15 is 0 Å². The van der Waals surface area contributed by atoms with E-state index in [-0.39, 0.29) is 43.4 Å². The minimum absolute atomic E-state index is 0.0137. The van der Waals surface area contributed by atoms with Crippen molar-refractivity contribution >= 4 is 27.5 Å². The molecule has 7 nitrogen and oxygen atoms in total. The average Bonchev–Trinajstić information content (AvgIpc) is 2.77. The number of halogens is 1. The number of nitrogens with one attached hydrogen (secondary N) is 1. The zero-order valence-corrected chi connectivity index (χ0v) is 20.4. The van der Waals surface area contributed by atoms with Crippen LogP contribution in [0.1, 0.15) is 37.3 Å². The van der Waals surface area contributed by atoms with Gasteiger partial charge in [0.05, 0.1) is 11.9 Å². The van der Waals surface area contributed by atoms with Crippen LogP contribution in [0.3, 0.4) is 0 Å². The lowest BCUT2D eigenvalue weighted by molar-refractivity contribution is -0.141. The number of para-hydroxylation sites is 1. The molecule has 0 aliphatic rings. The van der Waals surface area contributed by atoms with E-state index in [1.807, 2.05) is 38.1 Å². The summed E-state index contributed by atoms with van der Waals surface area (Å²) in [5, 5.41) is 2.61. The van der Waals surface area contributed by atoms with E-state index in [0.29, 0.717) is 6.42 Å². The molecule has 0 unspecified atom stereocenters. The normalized spacial score (nSPS) is 12.2. The molecule has 0 aromatic heterocycles. The Hall–Kier alpha value is -2.94. The fraction of sp³-hybridized carbons (Fsp3) is 0.417. The van der Waals surface area contributed by atoms with Gasteiger partial charge in [-0.3, -0.25) is 13.9 Å². The minimum Gasteiger partial charge on any atom is -0.357 e. The van der Waals surface area contributed by atoms with Crippen LogP contribution in [-0.2, 0) is 26.2 Å². The Morgan fingerprint density at radius 3 is 2.27 bits per heavy atom. The van der Waals surface area contributed by atoms with Crippen LogP contribution >= 0.6 is 0 Å². The summed E-state index contributed by atoms with van der Waals surface area (Å²) in [6.07, 6.45) is 1.63. The van der Waals surface area contributed by atoms with Crippen molar-refractivity contribution in [2.24, 2.45) is 0 Å². The van der Waals surface area contributed by atoms with Gasteiger partial charge in [0, 0.05) is 26.6 Å². The van der Waals surface area contributed by atoms with Crippen LogP contribution in [0.5, 0.6) is 0 Å². The topological polar surface area (TPSA) is 86.8 Å². The first kappa shape index (κ1) is 26.3. The third kappa shape index (κ3) is 7.28. The van der Waals surface area contributed by atoms with Crippen molar-refractivity contribution in [1.82, 2.24) is 10.2 Å². The van der Waals surface area contributed by atoms with Gasteiger partial charge in [0.1, 0.15) is 11.9 Å². The van der Waals surface area contributed by atoms with Gasteiger partial charge in [0.15, 0.2) is 0 Å². The zero-order valence-electron chi connectivity index (χ0n) is 19.5. The highest BCUT2D eigenvalue weighted by Gasteiger charge is 2.28. The van der Waals surface area contributed by atoms with Crippen LogP contribution in [0, 0.1) is 12.7 Å². The van der Waals surface area contributed by atoms with E-state index in [9.17, 15) is 22.4 Å². The summed E-state index contributed by atoms with van der Waals surface area (Å²) < 4.78 is 39.7. The molecular formula is C24H32FN3O4S. The zero-order chi connectivity index (χ0) is 24.6. The highest BCUT2D eigenvalue weighted by Crippen LogP contribution is 2.22. The predicted molar refractivity (Wildman–Crippen MR) is 128 cm³/mol. The van der Waals surface area contributed by atoms with Gasteiger partial charge in [-0.15, -0.1) is 0 Å². The van der Waals surface area contributed by atoms with E-state index in [1.54, 1.807) is 6.07 Å². The molecule has 0 heterocycles. The Kier molecular flexibility index (Phi) is 9.40. The maximum atomic E-state index is 14.2. The molecule has 2 aromatic rings. The second-order valence-corrected chi connectivity index (χ2v) is 9.84. The third-order valence-corrected chi connectivity index (χ3v) is 6.56. The van der Waals surface area contributed by atoms with Crippen LogP contribution in [0.4, 0.5) is 10.1 Å². The van der Waals surface area contributed by atoms with Gasteiger partial charge in [-0.25, -0.2) is 12.8 Å². The Morgan fingerprint density at radius 1 is 1.09 bits per heavy atom. The summed E-state index contributed by atoms with van der Waals surface area (Å²) in [5.74, 6) is -1.18. The monoisotopic (exact) mass is 477 g/mol. The second kappa shape index (κ2) is 11.8. The Morgan fingerprint density at radius 2 is 1.73 bits per heavy atom. The van der Waals surface area contributed by atoms with Gasteiger partial charge in [-0.1, -0.05) is 48.9 Å². The van der Waals surface area contributed by atoms with E-state index in [1.165, 1.54) is 30.1 Å². The number of anilines is 1.